The van der Waals surface area contributed by atoms with Crippen molar-refractivity contribution in [2.24, 2.45) is 13.0 Å². The van der Waals surface area contributed by atoms with Crippen molar-refractivity contribution in [3.63, 3.8) is 0 Å². The Balaban J connectivity index is 0.000000482. The van der Waals surface area contributed by atoms with Crippen molar-refractivity contribution >= 4 is 34.4 Å². The minimum absolute atomic E-state index is 0.128. The van der Waals surface area contributed by atoms with Gasteiger partial charge in [0.25, 0.3) is 11.1 Å². The van der Waals surface area contributed by atoms with Gasteiger partial charge >= 0.3 is 5.69 Å². The number of halogens is 1. The number of rotatable bonds is 6. The molecule has 0 radical (unpaired) electrons. The van der Waals surface area contributed by atoms with E-state index < -0.39 is 22.6 Å². The molecule has 1 aliphatic heterocycles. The quantitative estimate of drug-likeness (QED) is 0.254. The Kier molecular flexibility index (Phi) is 12.0. The van der Waals surface area contributed by atoms with E-state index in [1.165, 1.54) is 26.8 Å². The number of carbonyl (C=O) groups excluding carboxylic acids is 1. The maximum atomic E-state index is 14.8. The molecular weight excluding hydrogens is 575 g/mol. The highest BCUT2D eigenvalue weighted by Crippen LogP contribution is 2.34. The molecule has 2 fully saturated rings. The normalized spacial score (nSPS) is 13.6. The van der Waals surface area contributed by atoms with E-state index in [-0.39, 0.29) is 34.0 Å². The van der Waals surface area contributed by atoms with Crippen LogP contribution >= 0.6 is 0 Å². The third kappa shape index (κ3) is 7.25. The summed E-state index contributed by atoms with van der Waals surface area (Å²) in [6, 6.07) is 11.7. The van der Waals surface area contributed by atoms with E-state index in [0.717, 1.165) is 43.5 Å². The topological polar surface area (TPSA) is 119 Å². The molecule has 11 heteroatoms. The first-order valence-electron chi connectivity index (χ1n) is 15.5. The summed E-state index contributed by atoms with van der Waals surface area (Å²) in [6.07, 6.45) is 2.44. The van der Waals surface area contributed by atoms with Crippen LogP contribution in [0.2, 0.25) is 0 Å². The Morgan fingerprint density at radius 2 is 1.62 bits per heavy atom. The van der Waals surface area contributed by atoms with Gasteiger partial charge in [0.15, 0.2) is 0 Å². The molecular formula is C34H45FN6O4. The SMILES string of the molecule is CC.CC.CNc1cccc(-n2c(=O)n(C3CC3)c(=O)c3c(Nc4ccc(C)cc4F)n(C)c(=O)c(C)c32)c1.O=CC1CNC1. The number of anilines is 3. The third-order valence-electron chi connectivity index (χ3n) is 7.53. The Bertz CT molecular complexity index is 1830. The van der Waals surface area contributed by atoms with Gasteiger partial charge in [-0.3, -0.25) is 23.3 Å². The average molecular weight is 621 g/mol. The summed E-state index contributed by atoms with van der Waals surface area (Å²) in [5.74, 6) is -0.0509. The lowest BCUT2D eigenvalue weighted by atomic mass is 10.1. The van der Waals surface area contributed by atoms with Crippen LogP contribution in [0.4, 0.5) is 21.6 Å². The monoisotopic (exact) mass is 620 g/mol. The molecule has 45 heavy (non-hydrogen) atoms. The third-order valence-corrected chi connectivity index (χ3v) is 7.53. The summed E-state index contributed by atoms with van der Waals surface area (Å²) in [5, 5.41) is 9.16. The minimum Gasteiger partial charge on any atom is -0.388 e. The van der Waals surface area contributed by atoms with Gasteiger partial charge < -0.3 is 20.7 Å². The number of benzene rings is 2. The molecule has 1 saturated carbocycles. The lowest BCUT2D eigenvalue weighted by Crippen LogP contribution is -2.42. The number of carbonyl (C=O) groups is 1. The second-order valence-corrected chi connectivity index (χ2v) is 10.5. The molecule has 1 aliphatic carbocycles. The molecule has 2 aromatic carbocycles. The van der Waals surface area contributed by atoms with Gasteiger partial charge in [-0.05, 0) is 62.6 Å². The fourth-order valence-electron chi connectivity index (χ4n) is 4.91. The zero-order chi connectivity index (χ0) is 33.4. The summed E-state index contributed by atoms with van der Waals surface area (Å²) in [7, 11) is 3.30. The smallest absolute Gasteiger partial charge is 0.336 e. The summed E-state index contributed by atoms with van der Waals surface area (Å²) in [5.41, 5.74) is 1.23. The predicted molar refractivity (Wildman–Crippen MR) is 181 cm³/mol. The van der Waals surface area contributed by atoms with Crippen molar-refractivity contribution in [2.45, 2.75) is 60.4 Å². The molecule has 0 atom stereocenters. The Morgan fingerprint density at radius 1 is 0.956 bits per heavy atom. The fourth-order valence-corrected chi connectivity index (χ4v) is 4.91. The highest BCUT2D eigenvalue weighted by molar-refractivity contribution is 5.93. The highest BCUT2D eigenvalue weighted by atomic mass is 19.1. The molecule has 2 aromatic heterocycles. The second-order valence-electron chi connectivity index (χ2n) is 10.5. The molecule has 242 valence electrons. The molecule has 3 N–H and O–H groups in total. The first-order valence-corrected chi connectivity index (χ1v) is 15.5. The molecule has 0 spiro atoms. The zero-order valence-electron chi connectivity index (χ0n) is 27.5. The van der Waals surface area contributed by atoms with Gasteiger partial charge in [0.05, 0.1) is 16.9 Å². The van der Waals surface area contributed by atoms with Crippen molar-refractivity contribution in [1.29, 1.82) is 0 Å². The number of aromatic nitrogens is 3. The number of nitrogens with zero attached hydrogens (tertiary/aromatic N) is 3. The van der Waals surface area contributed by atoms with E-state index in [2.05, 4.69) is 16.0 Å². The first kappa shape index (κ1) is 35.0. The summed E-state index contributed by atoms with van der Waals surface area (Å²) in [4.78, 5) is 50.5. The van der Waals surface area contributed by atoms with Crippen LogP contribution in [-0.2, 0) is 11.8 Å². The number of fused-ring (bicyclic) bond motifs is 1. The number of aldehydes is 1. The van der Waals surface area contributed by atoms with Crippen molar-refractivity contribution in [3.05, 3.63) is 90.6 Å². The molecule has 10 nitrogen and oxygen atoms in total. The van der Waals surface area contributed by atoms with Crippen LogP contribution in [0.25, 0.3) is 16.6 Å². The maximum Gasteiger partial charge on any atom is 0.336 e. The Labute approximate surface area is 262 Å². The summed E-state index contributed by atoms with van der Waals surface area (Å²) < 4.78 is 18.7. The van der Waals surface area contributed by atoms with Crippen LogP contribution < -0.4 is 32.8 Å². The summed E-state index contributed by atoms with van der Waals surface area (Å²) in [6.45, 7) is 13.2. The van der Waals surface area contributed by atoms with Gasteiger partial charge in [-0.15, -0.1) is 0 Å². The average Bonchev–Trinajstić information content (AvgIpc) is 3.86. The van der Waals surface area contributed by atoms with Gasteiger partial charge in [0.1, 0.15) is 23.3 Å². The fraction of sp³-hybridized carbons (Fsp3) is 0.412. The van der Waals surface area contributed by atoms with E-state index in [0.29, 0.717) is 11.6 Å². The van der Waals surface area contributed by atoms with E-state index >= 15 is 0 Å². The van der Waals surface area contributed by atoms with Crippen LogP contribution in [0.1, 0.15) is 57.7 Å². The Hall–Kier alpha value is -4.51. The minimum atomic E-state index is -0.510. The van der Waals surface area contributed by atoms with Crippen LogP contribution in [0.5, 0.6) is 0 Å². The van der Waals surface area contributed by atoms with Crippen LogP contribution in [0.3, 0.4) is 0 Å². The van der Waals surface area contributed by atoms with Crippen molar-refractivity contribution in [2.75, 3.05) is 30.8 Å². The lowest BCUT2D eigenvalue weighted by molar-refractivity contribution is -0.112. The molecule has 0 unspecified atom stereocenters. The Morgan fingerprint density at radius 3 is 2.13 bits per heavy atom. The molecule has 4 aromatic rings. The van der Waals surface area contributed by atoms with Gasteiger partial charge in [-0.1, -0.05) is 39.8 Å². The first-order chi connectivity index (χ1) is 21.7. The highest BCUT2D eigenvalue weighted by Gasteiger charge is 2.31. The number of nitrogens with one attached hydrogen (secondary N) is 3. The molecule has 6 rings (SSSR count). The predicted octanol–water partition coefficient (Wildman–Crippen LogP) is 5.18. The molecule has 3 heterocycles. The van der Waals surface area contributed by atoms with Gasteiger partial charge in [-0.2, -0.15) is 0 Å². The van der Waals surface area contributed by atoms with Crippen LogP contribution in [-0.4, -0.2) is 40.1 Å². The van der Waals surface area contributed by atoms with Gasteiger partial charge in [-0.25, -0.2) is 9.18 Å². The van der Waals surface area contributed by atoms with E-state index in [1.54, 1.807) is 51.2 Å². The number of hydrogen-bond donors (Lipinski definition) is 3. The maximum absolute atomic E-state index is 14.8. The van der Waals surface area contributed by atoms with Crippen molar-refractivity contribution in [3.8, 4) is 5.69 Å². The largest absolute Gasteiger partial charge is 0.388 e. The molecule has 2 aliphatic rings. The van der Waals surface area contributed by atoms with Crippen LogP contribution in [0.15, 0.2) is 56.8 Å². The number of hydrogen-bond acceptors (Lipinski definition) is 7. The number of aryl methyl sites for hydroxylation is 2. The summed E-state index contributed by atoms with van der Waals surface area (Å²) >= 11 is 0. The lowest BCUT2D eigenvalue weighted by Gasteiger charge is -2.21. The molecule has 1 saturated heterocycles. The molecule has 0 bridgehead atoms. The van der Waals surface area contributed by atoms with Crippen molar-refractivity contribution < 1.29 is 9.18 Å². The van der Waals surface area contributed by atoms with E-state index in [4.69, 9.17) is 0 Å². The van der Waals surface area contributed by atoms with E-state index in [1.807, 2.05) is 33.8 Å². The zero-order valence-corrected chi connectivity index (χ0v) is 27.5. The standard InChI is InChI=1S/C26H26FN5O3.C4H7NO.2C2H6/c1-14-8-11-20(19(27)12-14)29-23-21-22(15(2)24(33)30(23)4)31(18-7-5-6-16(13-18)28-3)26(35)32(25(21)34)17-9-10-17;6-3-4-1-5-2-4;2*1-2/h5-8,11-13,17,28-29H,9-10H2,1-4H3;3-5H,1-2H2;2*1-2H3. The number of pyridine rings is 1. The second kappa shape index (κ2) is 15.5. The van der Waals surface area contributed by atoms with E-state index in [9.17, 15) is 23.6 Å². The van der Waals surface area contributed by atoms with Gasteiger partial charge in [0, 0.05) is 50.4 Å². The molecule has 0 amide bonds. The van der Waals surface area contributed by atoms with Gasteiger partial charge in [0.2, 0.25) is 0 Å². The van der Waals surface area contributed by atoms with Crippen LogP contribution in [0, 0.1) is 25.6 Å². The van der Waals surface area contributed by atoms with Crippen molar-refractivity contribution in [1.82, 2.24) is 19.0 Å².